The van der Waals surface area contributed by atoms with E-state index in [0.717, 1.165) is 23.3 Å². The molecule has 2 heterocycles. The molecule has 0 spiro atoms. The second-order valence-electron chi connectivity index (χ2n) is 5.52. The Morgan fingerprint density at radius 3 is 2.67 bits per heavy atom. The summed E-state index contributed by atoms with van der Waals surface area (Å²) in [5.41, 5.74) is 0.585. The van der Waals surface area contributed by atoms with Crippen LogP contribution in [-0.4, -0.2) is 44.5 Å². The number of aromatic nitrogens is 1. The van der Waals surface area contributed by atoms with E-state index in [1.807, 2.05) is 25.1 Å². The number of rotatable bonds is 6. The molecule has 0 aliphatic carbocycles. The number of fused-ring (bicyclic) bond motifs is 1. The molecule has 0 unspecified atom stereocenters. The maximum atomic E-state index is 12.8. The molecule has 0 bridgehead atoms. The molecule has 0 radical (unpaired) electrons. The summed E-state index contributed by atoms with van der Waals surface area (Å²) < 4.78 is 33.3. The molecule has 0 amide bonds. The first-order valence-corrected chi connectivity index (χ1v) is 9.91. The van der Waals surface area contributed by atoms with Crippen LogP contribution in [0.5, 0.6) is 5.75 Å². The standard InChI is InChI=1S/C16H17ClN2O3S2/c1-18(2)10-11-22-14-5-3-4-13-12(14)8-9-19(13)24(20,21)16-7-6-15(17)23-16/h3-9H,10-11H2,1-2H3. The van der Waals surface area contributed by atoms with Gasteiger partial charge in [0.15, 0.2) is 0 Å². The third-order valence-corrected chi connectivity index (χ3v) is 6.90. The van der Waals surface area contributed by atoms with Gasteiger partial charge in [0.25, 0.3) is 10.0 Å². The molecular weight excluding hydrogens is 368 g/mol. The molecule has 0 saturated carbocycles. The molecule has 0 N–H and O–H groups in total. The third-order valence-electron chi connectivity index (χ3n) is 3.51. The molecule has 128 valence electrons. The Morgan fingerprint density at radius 1 is 1.21 bits per heavy atom. The number of nitrogens with zero attached hydrogens (tertiary/aromatic N) is 2. The highest BCUT2D eigenvalue weighted by Gasteiger charge is 2.21. The Hall–Kier alpha value is -1.54. The Labute approximate surface area is 150 Å². The van der Waals surface area contributed by atoms with Crippen molar-refractivity contribution in [3.63, 3.8) is 0 Å². The van der Waals surface area contributed by atoms with Crippen LogP contribution in [0.3, 0.4) is 0 Å². The van der Waals surface area contributed by atoms with Gasteiger partial charge in [0.2, 0.25) is 0 Å². The Kier molecular flexibility index (Phi) is 4.87. The minimum absolute atomic E-state index is 0.212. The fourth-order valence-electron chi connectivity index (χ4n) is 2.32. The second-order valence-corrected chi connectivity index (χ2v) is 9.27. The van der Waals surface area contributed by atoms with Crippen molar-refractivity contribution in [2.45, 2.75) is 4.21 Å². The minimum Gasteiger partial charge on any atom is -0.492 e. The SMILES string of the molecule is CN(C)CCOc1cccc2c1ccn2S(=O)(=O)c1ccc(Cl)s1. The van der Waals surface area contributed by atoms with Gasteiger partial charge in [-0.3, -0.25) is 0 Å². The van der Waals surface area contributed by atoms with E-state index in [0.29, 0.717) is 22.2 Å². The lowest BCUT2D eigenvalue weighted by atomic mass is 10.2. The van der Waals surface area contributed by atoms with Crippen LogP contribution in [-0.2, 0) is 10.0 Å². The Balaban J connectivity index is 1.99. The van der Waals surface area contributed by atoms with E-state index in [-0.39, 0.29) is 4.21 Å². The summed E-state index contributed by atoms with van der Waals surface area (Å²) >= 11 is 6.92. The van der Waals surface area contributed by atoms with Crippen LogP contribution in [0.4, 0.5) is 0 Å². The quantitative estimate of drug-likeness (QED) is 0.652. The molecule has 0 aliphatic rings. The largest absolute Gasteiger partial charge is 0.492 e. The Bertz CT molecular complexity index is 961. The van der Waals surface area contributed by atoms with Gasteiger partial charge in [-0.05, 0) is 44.4 Å². The van der Waals surface area contributed by atoms with Crippen LogP contribution >= 0.6 is 22.9 Å². The molecule has 0 aliphatic heterocycles. The lowest BCUT2D eigenvalue weighted by molar-refractivity contribution is 0.263. The van der Waals surface area contributed by atoms with Gasteiger partial charge in [0, 0.05) is 18.1 Å². The average Bonchev–Trinajstić information content (AvgIpc) is 3.14. The predicted octanol–water partition coefficient (Wildman–Crippen LogP) is 3.53. The molecular formula is C16H17ClN2O3S2. The lowest BCUT2D eigenvalue weighted by Gasteiger charge is -2.12. The summed E-state index contributed by atoms with van der Waals surface area (Å²) in [6.07, 6.45) is 1.55. The normalized spacial score (nSPS) is 12.2. The maximum absolute atomic E-state index is 12.8. The molecule has 24 heavy (non-hydrogen) atoms. The van der Waals surface area contributed by atoms with E-state index >= 15 is 0 Å². The van der Waals surface area contributed by atoms with Crippen molar-refractivity contribution in [2.75, 3.05) is 27.2 Å². The van der Waals surface area contributed by atoms with Crippen LogP contribution in [0.25, 0.3) is 10.9 Å². The van der Waals surface area contributed by atoms with Gasteiger partial charge in [0.05, 0.1) is 9.85 Å². The highest BCUT2D eigenvalue weighted by atomic mass is 35.5. The highest BCUT2D eigenvalue weighted by Crippen LogP contribution is 2.32. The monoisotopic (exact) mass is 384 g/mol. The van der Waals surface area contributed by atoms with Crippen LogP contribution in [0.2, 0.25) is 4.34 Å². The number of halogens is 1. The van der Waals surface area contributed by atoms with Crippen molar-refractivity contribution in [3.8, 4) is 5.75 Å². The molecule has 0 fully saturated rings. The zero-order chi connectivity index (χ0) is 17.3. The highest BCUT2D eigenvalue weighted by molar-refractivity contribution is 7.92. The molecule has 3 aromatic rings. The first-order chi connectivity index (χ1) is 11.4. The molecule has 3 rings (SSSR count). The number of hydrogen-bond acceptors (Lipinski definition) is 5. The average molecular weight is 385 g/mol. The van der Waals surface area contributed by atoms with Crippen LogP contribution in [0.1, 0.15) is 0 Å². The van der Waals surface area contributed by atoms with Gasteiger partial charge in [-0.15, -0.1) is 11.3 Å². The number of likely N-dealkylation sites (N-methyl/N-ethyl adjacent to an activating group) is 1. The number of ether oxygens (including phenoxy) is 1. The fourth-order valence-corrected chi connectivity index (χ4v) is 5.24. The van der Waals surface area contributed by atoms with E-state index in [1.165, 1.54) is 10.0 Å². The van der Waals surface area contributed by atoms with E-state index in [4.69, 9.17) is 16.3 Å². The number of benzene rings is 1. The van der Waals surface area contributed by atoms with E-state index in [9.17, 15) is 8.42 Å². The van der Waals surface area contributed by atoms with E-state index in [1.54, 1.807) is 30.5 Å². The zero-order valence-electron chi connectivity index (χ0n) is 13.3. The summed E-state index contributed by atoms with van der Waals surface area (Å²) in [7, 11) is 0.278. The van der Waals surface area contributed by atoms with Crippen molar-refractivity contribution in [1.29, 1.82) is 0 Å². The van der Waals surface area contributed by atoms with Crippen LogP contribution in [0, 0.1) is 0 Å². The van der Waals surface area contributed by atoms with Crippen molar-refractivity contribution >= 4 is 43.9 Å². The topological polar surface area (TPSA) is 51.5 Å². The summed E-state index contributed by atoms with van der Waals surface area (Å²) in [5.74, 6) is 0.674. The van der Waals surface area contributed by atoms with Crippen molar-refractivity contribution < 1.29 is 13.2 Å². The van der Waals surface area contributed by atoms with Crippen LogP contribution in [0.15, 0.2) is 46.8 Å². The minimum atomic E-state index is -3.67. The van der Waals surface area contributed by atoms with E-state index in [2.05, 4.69) is 0 Å². The van der Waals surface area contributed by atoms with Gasteiger partial charge in [-0.2, -0.15) is 8.42 Å². The van der Waals surface area contributed by atoms with E-state index < -0.39 is 10.0 Å². The second kappa shape index (κ2) is 6.76. The summed E-state index contributed by atoms with van der Waals surface area (Å²) in [5, 5.41) is 0.766. The number of thiophene rings is 1. The molecule has 1 aromatic carbocycles. The molecule has 0 saturated heterocycles. The van der Waals surface area contributed by atoms with Crippen molar-refractivity contribution in [2.24, 2.45) is 0 Å². The number of hydrogen-bond donors (Lipinski definition) is 0. The van der Waals surface area contributed by atoms with Gasteiger partial charge in [0.1, 0.15) is 16.6 Å². The lowest BCUT2D eigenvalue weighted by Crippen LogP contribution is -2.19. The molecule has 0 atom stereocenters. The molecule has 2 aromatic heterocycles. The zero-order valence-corrected chi connectivity index (χ0v) is 15.7. The smallest absolute Gasteiger partial charge is 0.277 e. The summed E-state index contributed by atoms with van der Waals surface area (Å²) in [4.78, 5) is 2.02. The first kappa shape index (κ1) is 17.3. The van der Waals surface area contributed by atoms with Crippen LogP contribution < -0.4 is 4.74 Å². The first-order valence-electron chi connectivity index (χ1n) is 7.28. The van der Waals surface area contributed by atoms with Gasteiger partial charge in [-0.25, -0.2) is 3.97 Å². The fraction of sp³-hybridized carbons (Fsp3) is 0.250. The summed E-state index contributed by atoms with van der Waals surface area (Å²) in [6, 6.07) is 10.3. The Morgan fingerprint density at radius 2 is 2.00 bits per heavy atom. The molecule has 5 nitrogen and oxygen atoms in total. The van der Waals surface area contributed by atoms with Gasteiger partial charge < -0.3 is 9.64 Å². The van der Waals surface area contributed by atoms with Crippen molar-refractivity contribution in [1.82, 2.24) is 8.87 Å². The van der Waals surface area contributed by atoms with Gasteiger partial charge >= 0.3 is 0 Å². The predicted molar refractivity (Wildman–Crippen MR) is 97.9 cm³/mol. The van der Waals surface area contributed by atoms with Gasteiger partial charge in [-0.1, -0.05) is 17.7 Å². The molecule has 8 heteroatoms. The maximum Gasteiger partial charge on any atom is 0.277 e. The summed E-state index contributed by atoms with van der Waals surface area (Å²) in [6.45, 7) is 1.31. The van der Waals surface area contributed by atoms with Crippen molar-refractivity contribution in [3.05, 3.63) is 46.9 Å². The third kappa shape index (κ3) is 3.30.